The predicted molar refractivity (Wildman–Crippen MR) is 186 cm³/mol. The lowest BCUT2D eigenvalue weighted by molar-refractivity contribution is -0.132. The van der Waals surface area contributed by atoms with Crippen molar-refractivity contribution in [3.8, 4) is 0 Å². The lowest BCUT2D eigenvalue weighted by Crippen LogP contribution is -2.61. The molecule has 0 saturated carbocycles. The number of aliphatic hydroxyl groups is 2. The number of β-amino-alcohol motifs (C(OH)–C–C–N with tert-alkyl or cyclic N) is 1. The van der Waals surface area contributed by atoms with Crippen LogP contribution in [0.3, 0.4) is 0 Å². The van der Waals surface area contributed by atoms with Gasteiger partial charge < -0.3 is 20.8 Å². The Labute approximate surface area is 296 Å². The molecule has 1 heterocycles. The Morgan fingerprint density at radius 3 is 2.35 bits per heavy atom. The van der Waals surface area contributed by atoms with Crippen molar-refractivity contribution in [3.05, 3.63) is 105 Å². The topological polar surface area (TPSA) is 105 Å². The van der Waals surface area contributed by atoms with Crippen LogP contribution in [-0.4, -0.2) is 81.8 Å². The second-order valence-corrected chi connectivity index (χ2v) is 15.1. The number of aliphatic hydroxyl groups excluding tert-OH is 2. The molecule has 1 aliphatic carbocycles. The van der Waals surface area contributed by atoms with Crippen LogP contribution in [-0.2, 0) is 29.0 Å². The number of piperazine rings is 1. The number of carbonyl (C=O) groups is 2. The van der Waals surface area contributed by atoms with E-state index in [1.165, 1.54) is 24.3 Å². The summed E-state index contributed by atoms with van der Waals surface area (Å²) in [7, 11) is 0. The molecule has 2 aliphatic rings. The van der Waals surface area contributed by atoms with Crippen molar-refractivity contribution in [2.45, 2.75) is 76.4 Å². The molecule has 1 fully saturated rings. The minimum absolute atomic E-state index is 0.0408. The van der Waals surface area contributed by atoms with E-state index in [-0.39, 0.29) is 31.7 Å². The summed E-state index contributed by atoms with van der Waals surface area (Å²) in [6, 6.07) is 14.2. The third-order valence-electron chi connectivity index (χ3n) is 9.09. The summed E-state index contributed by atoms with van der Waals surface area (Å²) in [5, 5.41) is 29.1. The fourth-order valence-electron chi connectivity index (χ4n) is 6.74. The van der Waals surface area contributed by atoms with Crippen LogP contribution in [0.1, 0.15) is 55.5 Å². The van der Waals surface area contributed by atoms with Crippen LogP contribution in [0, 0.1) is 17.6 Å². The van der Waals surface area contributed by atoms with E-state index in [4.69, 9.17) is 23.2 Å². The van der Waals surface area contributed by atoms with Gasteiger partial charge in [-0.1, -0.05) is 47.5 Å². The Kier molecular flexibility index (Phi) is 12.0. The second kappa shape index (κ2) is 15.8. The van der Waals surface area contributed by atoms with Gasteiger partial charge in [-0.15, -0.1) is 0 Å². The van der Waals surface area contributed by atoms with Gasteiger partial charge in [-0.05, 0) is 92.3 Å². The zero-order chi connectivity index (χ0) is 35.5. The number of nitrogens with one attached hydrogen (secondary N) is 2. The van der Waals surface area contributed by atoms with Crippen LogP contribution in [0.4, 0.5) is 8.78 Å². The van der Waals surface area contributed by atoms with E-state index >= 15 is 0 Å². The molecule has 5 atom stereocenters. The number of amides is 2. The first-order valence-electron chi connectivity index (χ1n) is 16.6. The van der Waals surface area contributed by atoms with E-state index < -0.39 is 53.3 Å². The highest BCUT2D eigenvalue weighted by Gasteiger charge is 2.37. The maximum absolute atomic E-state index is 14.1. The largest absolute Gasteiger partial charge is 0.392 e. The molecule has 2 amide bonds. The fraction of sp³-hybridized carbons (Fsp3) is 0.459. The van der Waals surface area contributed by atoms with Crippen molar-refractivity contribution in [1.82, 2.24) is 20.4 Å². The Balaban J connectivity index is 1.31. The number of hydrogen-bond acceptors (Lipinski definition) is 6. The summed E-state index contributed by atoms with van der Waals surface area (Å²) in [5.74, 6) is -2.22. The summed E-state index contributed by atoms with van der Waals surface area (Å²) in [6.07, 6.45) is -1.41. The molecule has 0 radical (unpaired) electrons. The number of halogens is 4. The average molecular weight is 718 g/mol. The highest BCUT2D eigenvalue weighted by molar-refractivity contribution is 6.42. The average Bonchev–Trinajstić information content (AvgIpc) is 3.33. The molecular formula is C37H44Cl2F2N4O4. The van der Waals surface area contributed by atoms with E-state index in [1.807, 2.05) is 37.8 Å². The van der Waals surface area contributed by atoms with Crippen molar-refractivity contribution in [2.75, 3.05) is 26.2 Å². The Hall–Kier alpha value is -3.12. The van der Waals surface area contributed by atoms with Gasteiger partial charge in [0.1, 0.15) is 17.7 Å². The molecule has 12 heteroatoms. The predicted octanol–water partition coefficient (Wildman–Crippen LogP) is 5.06. The Morgan fingerprint density at radius 2 is 1.65 bits per heavy atom. The number of fused-ring (bicyclic) bond motifs is 1. The molecule has 0 aromatic heterocycles. The van der Waals surface area contributed by atoms with Gasteiger partial charge in [-0.2, -0.15) is 0 Å². The monoisotopic (exact) mass is 716 g/mol. The summed E-state index contributed by atoms with van der Waals surface area (Å²) in [5.41, 5.74) is 2.47. The van der Waals surface area contributed by atoms with Gasteiger partial charge in [0.15, 0.2) is 0 Å². The molecular weight excluding hydrogens is 673 g/mol. The molecule has 49 heavy (non-hydrogen) atoms. The highest BCUT2D eigenvalue weighted by Crippen LogP contribution is 2.33. The van der Waals surface area contributed by atoms with Gasteiger partial charge in [0.25, 0.3) is 0 Å². The number of rotatable bonds is 11. The summed E-state index contributed by atoms with van der Waals surface area (Å²) in [4.78, 5) is 31.5. The summed E-state index contributed by atoms with van der Waals surface area (Å²) < 4.78 is 27.8. The molecule has 264 valence electrons. The number of nitrogens with zero attached hydrogens (tertiary/aromatic N) is 2. The van der Waals surface area contributed by atoms with Crippen LogP contribution in [0.15, 0.2) is 60.7 Å². The number of carbonyl (C=O) groups excluding carboxylic acids is 2. The van der Waals surface area contributed by atoms with Crippen molar-refractivity contribution in [2.24, 2.45) is 5.92 Å². The zero-order valence-corrected chi connectivity index (χ0v) is 29.4. The molecule has 8 nitrogen and oxygen atoms in total. The molecule has 3 aromatic rings. The van der Waals surface area contributed by atoms with Crippen molar-refractivity contribution in [1.29, 1.82) is 0 Å². The van der Waals surface area contributed by atoms with E-state index in [0.717, 1.165) is 11.1 Å². The standard InChI is InChI=1S/C37H44Cl2F2N4O4/c1-37(2,3)43-36(49)32-21-44(19-23-6-11-30(38)31(39)15-23)12-13-45(32)20-28(46)16-25(14-22-4-8-26(40)9-5-22)35(48)42-34-29-18-27(41)10-7-24(29)17-33(34)47/h4-11,15,18,25,28,32-34,46-47H,12-14,16-17,19-21H2,1-3H3,(H,42,48)(H,43,49)/t25-,28+,32+,33-,34+/m1/s1. The first-order valence-corrected chi connectivity index (χ1v) is 17.3. The molecule has 5 rings (SSSR count). The lowest BCUT2D eigenvalue weighted by Gasteiger charge is -2.42. The van der Waals surface area contributed by atoms with Crippen molar-refractivity contribution in [3.63, 3.8) is 0 Å². The zero-order valence-electron chi connectivity index (χ0n) is 27.9. The van der Waals surface area contributed by atoms with Crippen LogP contribution in [0.2, 0.25) is 10.0 Å². The molecule has 1 aliphatic heterocycles. The molecule has 0 unspecified atom stereocenters. The van der Waals surface area contributed by atoms with E-state index in [2.05, 4.69) is 15.5 Å². The molecule has 3 aromatic carbocycles. The van der Waals surface area contributed by atoms with Crippen LogP contribution in [0.5, 0.6) is 0 Å². The SMILES string of the molecule is CC(C)(C)NC(=O)[C@@H]1CN(Cc2ccc(Cl)c(Cl)c2)CCN1C[C@@H](O)C[C@@H](Cc1ccc(F)cc1)C(=O)N[C@H]1c2cc(F)ccc2C[C@H]1O. The number of benzene rings is 3. The molecule has 0 bridgehead atoms. The highest BCUT2D eigenvalue weighted by atomic mass is 35.5. The van der Waals surface area contributed by atoms with Gasteiger partial charge in [0, 0.05) is 50.6 Å². The normalized spacial score (nSPS) is 21.2. The lowest BCUT2D eigenvalue weighted by atomic mass is 9.91. The quantitative estimate of drug-likeness (QED) is 0.221. The third kappa shape index (κ3) is 9.99. The van der Waals surface area contributed by atoms with Crippen LogP contribution < -0.4 is 10.6 Å². The number of hydrogen-bond donors (Lipinski definition) is 4. The molecule has 4 N–H and O–H groups in total. The fourth-order valence-corrected chi connectivity index (χ4v) is 7.06. The van der Waals surface area contributed by atoms with E-state index in [0.29, 0.717) is 47.4 Å². The summed E-state index contributed by atoms with van der Waals surface area (Å²) in [6.45, 7) is 7.95. The van der Waals surface area contributed by atoms with Crippen molar-refractivity contribution < 1.29 is 28.6 Å². The summed E-state index contributed by atoms with van der Waals surface area (Å²) >= 11 is 12.4. The van der Waals surface area contributed by atoms with Gasteiger partial charge >= 0.3 is 0 Å². The maximum atomic E-state index is 14.1. The van der Waals surface area contributed by atoms with Crippen molar-refractivity contribution >= 4 is 35.0 Å². The van der Waals surface area contributed by atoms with Crippen LogP contribution in [0.25, 0.3) is 0 Å². The Bertz CT molecular complexity index is 1640. The first-order chi connectivity index (χ1) is 23.1. The minimum Gasteiger partial charge on any atom is -0.392 e. The van der Waals surface area contributed by atoms with Gasteiger partial charge in [-0.25, -0.2) is 8.78 Å². The molecule has 0 spiro atoms. The van der Waals surface area contributed by atoms with Gasteiger partial charge in [-0.3, -0.25) is 19.4 Å². The van der Waals surface area contributed by atoms with E-state index in [1.54, 1.807) is 24.3 Å². The third-order valence-corrected chi connectivity index (χ3v) is 9.83. The smallest absolute Gasteiger partial charge is 0.239 e. The first kappa shape index (κ1) is 37.1. The van der Waals surface area contributed by atoms with E-state index in [9.17, 15) is 28.6 Å². The Morgan fingerprint density at radius 1 is 0.959 bits per heavy atom. The van der Waals surface area contributed by atoms with Gasteiger partial charge in [0.2, 0.25) is 11.8 Å². The van der Waals surface area contributed by atoms with Gasteiger partial charge in [0.05, 0.1) is 28.3 Å². The minimum atomic E-state index is -0.999. The van der Waals surface area contributed by atoms with Crippen LogP contribution >= 0.6 is 23.2 Å². The second-order valence-electron chi connectivity index (χ2n) is 14.3. The molecule has 1 saturated heterocycles. The maximum Gasteiger partial charge on any atom is 0.239 e.